The predicted molar refractivity (Wildman–Crippen MR) is 43.2 cm³/mol. The zero-order valence-electron chi connectivity index (χ0n) is 6.75. The molecule has 0 fully saturated rings. The van der Waals surface area contributed by atoms with Crippen LogP contribution in [0.3, 0.4) is 0 Å². The van der Waals surface area contributed by atoms with Crippen LogP contribution in [0.5, 0.6) is 5.88 Å². The monoisotopic (exact) mass is 185 g/mol. The second-order valence-corrected chi connectivity index (χ2v) is 2.81. The maximum Gasteiger partial charge on any atom is 0.295 e. The van der Waals surface area contributed by atoms with Crippen molar-refractivity contribution in [1.29, 1.82) is 0 Å². The molecule has 1 aromatic rings. The van der Waals surface area contributed by atoms with Crippen molar-refractivity contribution < 1.29 is 9.50 Å². The van der Waals surface area contributed by atoms with E-state index in [1.807, 2.05) is 0 Å². The first-order valence-corrected chi connectivity index (χ1v) is 3.93. The van der Waals surface area contributed by atoms with Crippen LogP contribution in [-0.4, -0.2) is 21.2 Å². The fraction of sp³-hybridized carbons (Fsp3) is 0.429. The van der Waals surface area contributed by atoms with Crippen molar-refractivity contribution in [3.05, 3.63) is 16.2 Å². The zero-order valence-corrected chi connectivity index (χ0v) is 6.75. The van der Waals surface area contributed by atoms with Gasteiger partial charge in [-0.15, -0.1) is 0 Å². The first-order valence-electron chi connectivity index (χ1n) is 3.93. The highest BCUT2D eigenvalue weighted by molar-refractivity contribution is 5.31. The summed E-state index contributed by atoms with van der Waals surface area (Å²) >= 11 is 0. The Labute approximate surface area is 72.8 Å². The number of nitrogens with one attached hydrogen (secondary N) is 1. The molecule has 0 aliphatic carbocycles. The third-order valence-electron chi connectivity index (χ3n) is 1.94. The second-order valence-electron chi connectivity index (χ2n) is 2.81. The highest BCUT2D eigenvalue weighted by Gasteiger charge is 2.17. The first-order chi connectivity index (χ1) is 6.20. The van der Waals surface area contributed by atoms with E-state index < -0.39 is 17.3 Å². The molecule has 5 nitrogen and oxygen atoms in total. The molecule has 1 aliphatic rings. The van der Waals surface area contributed by atoms with E-state index in [0.29, 0.717) is 13.1 Å². The van der Waals surface area contributed by atoms with Crippen LogP contribution in [0.25, 0.3) is 0 Å². The van der Waals surface area contributed by atoms with Gasteiger partial charge in [0, 0.05) is 13.1 Å². The van der Waals surface area contributed by atoms with Gasteiger partial charge in [-0.2, -0.15) is 9.37 Å². The third-order valence-corrected chi connectivity index (χ3v) is 1.94. The van der Waals surface area contributed by atoms with Crippen molar-refractivity contribution in [3.8, 4) is 5.88 Å². The molecule has 70 valence electrons. The molecule has 1 aromatic heterocycles. The molecule has 0 saturated heterocycles. The van der Waals surface area contributed by atoms with E-state index in [9.17, 15) is 9.18 Å². The fourth-order valence-electron chi connectivity index (χ4n) is 1.30. The number of fused-ring (bicyclic) bond motifs is 1. The average Bonchev–Trinajstić information content (AvgIpc) is 2.15. The number of halogens is 1. The number of hydrogen-bond donors (Lipinski definition) is 2. The van der Waals surface area contributed by atoms with Gasteiger partial charge in [0.05, 0.1) is 0 Å². The Bertz CT molecular complexity index is 401. The average molecular weight is 185 g/mol. The van der Waals surface area contributed by atoms with Gasteiger partial charge in [-0.05, 0) is 6.42 Å². The lowest BCUT2D eigenvalue weighted by Gasteiger charge is -2.18. The summed E-state index contributed by atoms with van der Waals surface area (Å²) in [5, 5.41) is 11.7. The molecule has 2 heterocycles. The second kappa shape index (κ2) is 2.72. The van der Waals surface area contributed by atoms with Gasteiger partial charge < -0.3 is 10.4 Å². The molecule has 0 bridgehead atoms. The molecule has 0 aromatic carbocycles. The first kappa shape index (κ1) is 8.03. The summed E-state index contributed by atoms with van der Waals surface area (Å²) in [5.41, 5.74) is -0.824. The molecular formula is C7H8FN3O2. The number of aromatic hydroxyl groups is 1. The largest absolute Gasteiger partial charge is 0.491 e. The Hall–Kier alpha value is -1.59. The fourth-order valence-corrected chi connectivity index (χ4v) is 1.30. The molecule has 0 spiro atoms. The lowest BCUT2D eigenvalue weighted by molar-refractivity contribution is 0.394. The summed E-state index contributed by atoms with van der Waals surface area (Å²) in [6, 6.07) is 0. The van der Waals surface area contributed by atoms with E-state index in [0.717, 1.165) is 6.42 Å². The van der Waals surface area contributed by atoms with Crippen molar-refractivity contribution in [2.24, 2.45) is 0 Å². The highest BCUT2D eigenvalue weighted by atomic mass is 19.1. The SMILES string of the molecule is O=c1c(F)c(O)nc2n1CCCN2. The summed E-state index contributed by atoms with van der Waals surface area (Å²) in [5.74, 6) is -1.80. The Kier molecular flexibility index (Phi) is 1.68. The maximum absolute atomic E-state index is 12.8. The van der Waals surface area contributed by atoms with E-state index in [1.54, 1.807) is 0 Å². The Morgan fingerprint density at radius 2 is 2.38 bits per heavy atom. The van der Waals surface area contributed by atoms with Crippen molar-refractivity contribution in [1.82, 2.24) is 9.55 Å². The number of rotatable bonds is 0. The molecule has 2 rings (SSSR count). The summed E-state index contributed by atoms with van der Waals surface area (Å²) in [6.45, 7) is 1.11. The maximum atomic E-state index is 12.8. The van der Waals surface area contributed by atoms with Gasteiger partial charge in [0.2, 0.25) is 11.8 Å². The number of nitrogens with zero attached hydrogens (tertiary/aromatic N) is 2. The van der Waals surface area contributed by atoms with Crippen LogP contribution in [-0.2, 0) is 6.54 Å². The minimum absolute atomic E-state index is 0.232. The normalized spacial score (nSPS) is 14.8. The molecule has 0 saturated carbocycles. The van der Waals surface area contributed by atoms with Crippen molar-refractivity contribution in [2.45, 2.75) is 13.0 Å². The van der Waals surface area contributed by atoms with Crippen LogP contribution in [0.2, 0.25) is 0 Å². The van der Waals surface area contributed by atoms with E-state index in [4.69, 9.17) is 5.11 Å². The molecule has 0 radical (unpaired) electrons. The van der Waals surface area contributed by atoms with Gasteiger partial charge >= 0.3 is 0 Å². The molecule has 0 amide bonds. The van der Waals surface area contributed by atoms with E-state index >= 15 is 0 Å². The standard InChI is InChI=1S/C7H8FN3O2/c8-4-5(12)10-7-9-2-1-3-11(7)6(4)13/h12H,1-3H2,(H,9,10). The lowest BCUT2D eigenvalue weighted by Crippen LogP contribution is -2.31. The predicted octanol–water partition coefficient (Wildman–Crippen LogP) is -0.0964. The van der Waals surface area contributed by atoms with Gasteiger partial charge in [-0.1, -0.05) is 0 Å². The van der Waals surface area contributed by atoms with E-state index in [-0.39, 0.29) is 5.95 Å². The molecule has 13 heavy (non-hydrogen) atoms. The molecule has 6 heteroatoms. The Morgan fingerprint density at radius 3 is 3.15 bits per heavy atom. The van der Waals surface area contributed by atoms with Crippen LogP contribution in [0.1, 0.15) is 6.42 Å². The highest BCUT2D eigenvalue weighted by Crippen LogP contribution is 2.14. The lowest BCUT2D eigenvalue weighted by atomic mass is 10.3. The third kappa shape index (κ3) is 1.14. The van der Waals surface area contributed by atoms with Crippen molar-refractivity contribution in [3.63, 3.8) is 0 Å². The van der Waals surface area contributed by atoms with Crippen molar-refractivity contribution in [2.75, 3.05) is 11.9 Å². The zero-order chi connectivity index (χ0) is 9.42. The van der Waals surface area contributed by atoms with Crippen molar-refractivity contribution >= 4 is 5.95 Å². The van der Waals surface area contributed by atoms with Gasteiger partial charge in [0.25, 0.3) is 11.4 Å². The minimum Gasteiger partial charge on any atom is -0.491 e. The van der Waals surface area contributed by atoms with Crippen LogP contribution in [0, 0.1) is 5.82 Å². The van der Waals surface area contributed by atoms with Gasteiger partial charge in [0.15, 0.2) is 0 Å². The van der Waals surface area contributed by atoms with Crippen LogP contribution >= 0.6 is 0 Å². The van der Waals surface area contributed by atoms with Gasteiger partial charge in [0.1, 0.15) is 0 Å². The van der Waals surface area contributed by atoms with E-state index in [2.05, 4.69) is 10.3 Å². The Morgan fingerprint density at radius 1 is 1.62 bits per heavy atom. The van der Waals surface area contributed by atoms with E-state index in [1.165, 1.54) is 4.57 Å². The number of aromatic nitrogens is 2. The summed E-state index contributed by atoms with van der Waals surface area (Å²) < 4.78 is 14.0. The summed E-state index contributed by atoms with van der Waals surface area (Å²) in [7, 11) is 0. The number of anilines is 1. The van der Waals surface area contributed by atoms with Gasteiger partial charge in [-0.3, -0.25) is 9.36 Å². The molecular weight excluding hydrogens is 177 g/mol. The van der Waals surface area contributed by atoms with Gasteiger partial charge in [-0.25, -0.2) is 0 Å². The summed E-state index contributed by atoms with van der Waals surface area (Å²) in [6.07, 6.45) is 0.749. The number of hydrogen-bond acceptors (Lipinski definition) is 4. The minimum atomic E-state index is -1.19. The molecule has 2 N–H and O–H groups in total. The van der Waals surface area contributed by atoms with Crippen LogP contribution in [0.15, 0.2) is 4.79 Å². The molecule has 1 aliphatic heterocycles. The van der Waals surface area contributed by atoms with Crippen LogP contribution in [0.4, 0.5) is 10.3 Å². The molecule has 0 atom stereocenters. The molecule has 0 unspecified atom stereocenters. The quantitative estimate of drug-likeness (QED) is 0.592. The smallest absolute Gasteiger partial charge is 0.295 e. The topological polar surface area (TPSA) is 67.1 Å². The Balaban J connectivity index is 2.68. The van der Waals surface area contributed by atoms with Crippen LogP contribution < -0.4 is 10.9 Å². The summed E-state index contributed by atoms with van der Waals surface area (Å²) in [4.78, 5) is 14.7.